The molecule has 0 aliphatic carbocycles. The Bertz CT molecular complexity index is 384. The van der Waals surface area contributed by atoms with Gasteiger partial charge in [0, 0.05) is 0 Å². The monoisotopic (exact) mass is 406 g/mol. The summed E-state index contributed by atoms with van der Waals surface area (Å²) in [5.74, 6) is -2.30. The van der Waals surface area contributed by atoms with Gasteiger partial charge in [0.05, 0.1) is 0 Å². The first-order chi connectivity index (χ1) is 13.5. The van der Waals surface area contributed by atoms with E-state index in [1.54, 1.807) is 0 Å². The Hall–Kier alpha value is -0.463. The summed E-state index contributed by atoms with van der Waals surface area (Å²) in [5.41, 5.74) is -1.58. The predicted molar refractivity (Wildman–Crippen MR) is 124 cm³/mol. The fraction of sp³-hybridized carbons (Fsp3) is 0.917. The molecule has 0 spiro atoms. The van der Waals surface area contributed by atoms with E-state index in [1.165, 1.54) is 70.6 Å². The van der Waals surface area contributed by atoms with Crippen molar-refractivity contribution >= 4 is 30.8 Å². The molecule has 2 N–H and O–H groups in total. The number of unbranched alkanes of at least 4 members (excludes halogenated alkanes) is 15. The standard InChI is InChI=1S/C24H46O4.Li.H/c1-3-5-7-9-11-12-13-15-17-19-21-24(22(25)26,23(27)28)20-18-16-14-10-8-6-4-2;;/h3-21H2,1-2H3,(H,25,26)(H,27,28);;. The molecule has 0 bridgehead atoms. The molecule has 0 amide bonds. The van der Waals surface area contributed by atoms with Crippen LogP contribution in [0.25, 0.3) is 0 Å². The van der Waals surface area contributed by atoms with Gasteiger partial charge in [0.15, 0.2) is 5.41 Å². The Kier molecular flexibility index (Phi) is 22.0. The van der Waals surface area contributed by atoms with Crippen molar-refractivity contribution in [3.8, 4) is 0 Å². The summed E-state index contributed by atoms with van der Waals surface area (Å²) < 4.78 is 0. The van der Waals surface area contributed by atoms with Crippen LogP contribution in [0, 0.1) is 5.41 Å². The SMILES string of the molecule is CCCCCCCCCCCCC(CCCCCCCCC)(C(=O)O)C(=O)O.[LiH]. The molecule has 0 aromatic heterocycles. The summed E-state index contributed by atoms with van der Waals surface area (Å²) in [6.07, 6.45) is 19.7. The molecule has 0 aromatic carbocycles. The second kappa shape index (κ2) is 20.8. The van der Waals surface area contributed by atoms with Crippen LogP contribution >= 0.6 is 0 Å². The van der Waals surface area contributed by atoms with Crippen LogP contribution in [-0.4, -0.2) is 41.0 Å². The summed E-state index contributed by atoms with van der Waals surface area (Å²) in [6, 6.07) is 0. The van der Waals surface area contributed by atoms with Gasteiger partial charge < -0.3 is 10.2 Å². The molecule has 0 radical (unpaired) electrons. The summed E-state index contributed by atoms with van der Waals surface area (Å²) in [4.78, 5) is 23.6. The maximum absolute atomic E-state index is 11.8. The van der Waals surface area contributed by atoms with Crippen LogP contribution in [0.15, 0.2) is 0 Å². The van der Waals surface area contributed by atoms with Gasteiger partial charge in [0.2, 0.25) is 0 Å². The van der Waals surface area contributed by atoms with Crippen LogP contribution in [0.3, 0.4) is 0 Å². The van der Waals surface area contributed by atoms with Crippen LogP contribution in [0.1, 0.15) is 136 Å². The first-order valence-electron chi connectivity index (χ1n) is 12.0. The summed E-state index contributed by atoms with van der Waals surface area (Å²) in [6.45, 7) is 4.41. The van der Waals surface area contributed by atoms with E-state index < -0.39 is 17.4 Å². The van der Waals surface area contributed by atoms with E-state index in [1.807, 2.05) is 0 Å². The minimum absolute atomic E-state index is 0. The molecule has 0 saturated heterocycles. The van der Waals surface area contributed by atoms with E-state index in [2.05, 4.69) is 13.8 Å². The van der Waals surface area contributed by atoms with Gasteiger partial charge in [-0.1, -0.05) is 123 Å². The topological polar surface area (TPSA) is 74.6 Å². The third-order valence-electron chi connectivity index (χ3n) is 5.98. The number of aliphatic carboxylic acids is 2. The van der Waals surface area contributed by atoms with Crippen molar-refractivity contribution in [2.45, 2.75) is 136 Å². The van der Waals surface area contributed by atoms with Crippen LogP contribution in [-0.2, 0) is 9.59 Å². The number of carbonyl (C=O) groups is 2. The van der Waals surface area contributed by atoms with Gasteiger partial charge in [0.1, 0.15) is 0 Å². The Morgan fingerprint density at radius 2 is 0.759 bits per heavy atom. The van der Waals surface area contributed by atoms with Crippen molar-refractivity contribution in [2.75, 3.05) is 0 Å². The molecule has 0 unspecified atom stereocenters. The van der Waals surface area contributed by atoms with Gasteiger partial charge in [0.25, 0.3) is 0 Å². The van der Waals surface area contributed by atoms with Crippen molar-refractivity contribution in [1.29, 1.82) is 0 Å². The van der Waals surface area contributed by atoms with Gasteiger partial charge in [-0.05, 0) is 12.8 Å². The third kappa shape index (κ3) is 15.1. The minimum atomic E-state index is -1.58. The van der Waals surface area contributed by atoms with Crippen molar-refractivity contribution in [1.82, 2.24) is 0 Å². The molecule has 0 aliphatic heterocycles. The average Bonchev–Trinajstić information content (AvgIpc) is 2.66. The van der Waals surface area contributed by atoms with Crippen molar-refractivity contribution < 1.29 is 19.8 Å². The van der Waals surface area contributed by atoms with E-state index in [0.29, 0.717) is 12.8 Å². The Morgan fingerprint density at radius 3 is 1.00 bits per heavy atom. The molecule has 0 atom stereocenters. The fourth-order valence-corrected chi connectivity index (χ4v) is 3.94. The quantitative estimate of drug-likeness (QED) is 0.123. The predicted octanol–water partition coefficient (Wildman–Crippen LogP) is 6.95. The molecule has 29 heavy (non-hydrogen) atoms. The van der Waals surface area contributed by atoms with Crippen molar-refractivity contribution in [3.05, 3.63) is 0 Å². The van der Waals surface area contributed by atoms with E-state index in [4.69, 9.17) is 0 Å². The molecular weight excluding hydrogens is 359 g/mol. The second-order valence-corrected chi connectivity index (χ2v) is 8.50. The maximum atomic E-state index is 11.8. The van der Waals surface area contributed by atoms with E-state index in [0.717, 1.165) is 25.7 Å². The average molecular weight is 407 g/mol. The van der Waals surface area contributed by atoms with Crippen molar-refractivity contribution in [2.24, 2.45) is 5.41 Å². The number of rotatable bonds is 21. The first kappa shape index (κ1) is 30.7. The van der Waals surface area contributed by atoms with E-state index in [-0.39, 0.29) is 31.7 Å². The van der Waals surface area contributed by atoms with Crippen LogP contribution in [0.2, 0.25) is 0 Å². The molecule has 0 rings (SSSR count). The van der Waals surface area contributed by atoms with Crippen LogP contribution < -0.4 is 0 Å². The molecule has 5 heteroatoms. The normalized spacial score (nSPS) is 11.2. The molecule has 0 heterocycles. The van der Waals surface area contributed by atoms with E-state index >= 15 is 0 Å². The molecule has 4 nitrogen and oxygen atoms in total. The zero-order valence-electron chi connectivity index (χ0n) is 18.6. The molecule has 0 saturated carbocycles. The number of carboxylic acids is 2. The zero-order chi connectivity index (χ0) is 21.1. The van der Waals surface area contributed by atoms with Gasteiger partial charge in [-0.25, -0.2) is 0 Å². The van der Waals surface area contributed by atoms with Crippen LogP contribution in [0.5, 0.6) is 0 Å². The molecule has 0 aliphatic rings. The second-order valence-electron chi connectivity index (χ2n) is 8.50. The molecule has 168 valence electrons. The molecule has 0 fully saturated rings. The molecule has 0 aromatic rings. The van der Waals surface area contributed by atoms with Gasteiger partial charge in [-0.3, -0.25) is 9.59 Å². The van der Waals surface area contributed by atoms with E-state index in [9.17, 15) is 19.8 Å². The number of hydrogen-bond donors (Lipinski definition) is 2. The van der Waals surface area contributed by atoms with Crippen LogP contribution in [0.4, 0.5) is 0 Å². The summed E-state index contributed by atoms with van der Waals surface area (Å²) in [5, 5.41) is 19.3. The van der Waals surface area contributed by atoms with Gasteiger partial charge in [-0.15, -0.1) is 0 Å². The van der Waals surface area contributed by atoms with Crippen molar-refractivity contribution in [3.63, 3.8) is 0 Å². The summed E-state index contributed by atoms with van der Waals surface area (Å²) in [7, 11) is 0. The van der Waals surface area contributed by atoms with Gasteiger partial charge in [-0.2, -0.15) is 0 Å². The number of carboxylic acid groups (broad SMARTS) is 2. The fourth-order valence-electron chi connectivity index (χ4n) is 3.94. The Labute approximate surface area is 191 Å². The third-order valence-corrected chi connectivity index (χ3v) is 5.98. The number of hydrogen-bond acceptors (Lipinski definition) is 2. The molecular formula is C24H47LiO4. The van der Waals surface area contributed by atoms with Gasteiger partial charge >= 0.3 is 30.8 Å². The summed E-state index contributed by atoms with van der Waals surface area (Å²) >= 11 is 0. The Balaban J connectivity index is 0. The zero-order valence-corrected chi connectivity index (χ0v) is 18.6. The first-order valence-corrected chi connectivity index (χ1v) is 12.0. The Morgan fingerprint density at radius 1 is 0.517 bits per heavy atom.